The van der Waals surface area contributed by atoms with Crippen LogP contribution >= 0.6 is 15.9 Å². The largest absolute Gasteiger partial charge is 0.0928 e. The predicted molar refractivity (Wildman–Crippen MR) is 51.7 cm³/mol. The van der Waals surface area contributed by atoms with Crippen molar-refractivity contribution in [1.82, 2.24) is 0 Å². The van der Waals surface area contributed by atoms with Gasteiger partial charge in [0, 0.05) is 5.33 Å². The normalized spacial score (nSPS) is 11.0. The van der Waals surface area contributed by atoms with Crippen molar-refractivity contribution in [2.24, 2.45) is 0 Å². The molecule has 0 bridgehead atoms. The molecule has 0 unspecified atom stereocenters. The Morgan fingerprint density at radius 3 is 2.20 bits per heavy atom. The Balaban J connectivity index is 2.89. The van der Waals surface area contributed by atoms with Crippen LogP contribution in [0.25, 0.3) is 0 Å². The highest BCUT2D eigenvalue weighted by Gasteiger charge is 1.79. The zero-order valence-electron chi connectivity index (χ0n) is 6.78. The maximum atomic E-state index is 3.40. The van der Waals surface area contributed by atoms with Gasteiger partial charge in [-0.25, -0.2) is 0 Å². The molecular weight excluding hydrogens is 188 g/mol. The molecule has 10 heavy (non-hydrogen) atoms. The molecule has 0 aromatic rings. The van der Waals surface area contributed by atoms with Crippen molar-refractivity contribution in [1.29, 1.82) is 0 Å². The van der Waals surface area contributed by atoms with E-state index in [1.165, 1.54) is 32.1 Å². The Morgan fingerprint density at radius 1 is 1.10 bits per heavy atom. The maximum absolute atomic E-state index is 3.40. The molecule has 0 heterocycles. The molecule has 0 radical (unpaired) electrons. The molecule has 0 atom stereocenters. The third-order valence-electron chi connectivity index (χ3n) is 1.40. The molecule has 0 saturated heterocycles. The summed E-state index contributed by atoms with van der Waals surface area (Å²) < 4.78 is 0. The maximum Gasteiger partial charge on any atom is 0.00342 e. The van der Waals surface area contributed by atoms with Gasteiger partial charge in [0.15, 0.2) is 0 Å². The zero-order chi connectivity index (χ0) is 7.66. The number of halogens is 1. The van der Waals surface area contributed by atoms with Crippen LogP contribution in [0.15, 0.2) is 12.2 Å². The molecule has 0 aromatic heterocycles. The minimum Gasteiger partial charge on any atom is -0.0928 e. The molecule has 0 spiro atoms. The third kappa shape index (κ3) is 8.22. The van der Waals surface area contributed by atoms with Crippen molar-refractivity contribution in [3.8, 4) is 0 Å². The Labute approximate surface area is 72.8 Å². The number of hydrogen-bond acceptors (Lipinski definition) is 0. The molecule has 1 heteroatoms. The van der Waals surface area contributed by atoms with Crippen LogP contribution in [0.1, 0.15) is 39.0 Å². The highest BCUT2D eigenvalue weighted by atomic mass is 79.9. The number of hydrogen-bond donors (Lipinski definition) is 0. The fraction of sp³-hybridized carbons (Fsp3) is 0.778. The van der Waals surface area contributed by atoms with E-state index in [0.717, 1.165) is 5.33 Å². The standard InChI is InChI=1S/C9H17Br/c1-2-3-4-5-6-7-8-9-10/h5-6H,2-4,7-9H2,1H3/b6-5-. The summed E-state index contributed by atoms with van der Waals surface area (Å²) in [6.45, 7) is 2.23. The van der Waals surface area contributed by atoms with Gasteiger partial charge in [-0.05, 0) is 19.3 Å². The second kappa shape index (κ2) is 9.22. The van der Waals surface area contributed by atoms with Crippen LogP contribution in [0.5, 0.6) is 0 Å². The van der Waals surface area contributed by atoms with Crippen molar-refractivity contribution in [2.75, 3.05) is 5.33 Å². The van der Waals surface area contributed by atoms with Crippen LogP contribution < -0.4 is 0 Å². The van der Waals surface area contributed by atoms with Gasteiger partial charge in [0.25, 0.3) is 0 Å². The molecule has 0 aliphatic heterocycles. The van der Waals surface area contributed by atoms with Crippen LogP contribution in [0, 0.1) is 0 Å². The van der Waals surface area contributed by atoms with Gasteiger partial charge in [0.1, 0.15) is 0 Å². The minimum absolute atomic E-state index is 1.13. The monoisotopic (exact) mass is 204 g/mol. The molecule has 0 aliphatic rings. The molecule has 60 valence electrons. The molecular formula is C9H17Br. The summed E-state index contributed by atoms with van der Waals surface area (Å²) in [5.74, 6) is 0. The van der Waals surface area contributed by atoms with Gasteiger partial charge >= 0.3 is 0 Å². The number of rotatable bonds is 6. The molecule has 0 amide bonds. The summed E-state index contributed by atoms with van der Waals surface area (Å²) >= 11 is 3.40. The van der Waals surface area contributed by atoms with E-state index >= 15 is 0 Å². The van der Waals surface area contributed by atoms with E-state index in [1.807, 2.05) is 0 Å². The van der Waals surface area contributed by atoms with Gasteiger partial charge in [-0.2, -0.15) is 0 Å². The van der Waals surface area contributed by atoms with E-state index in [4.69, 9.17) is 0 Å². The first-order valence-electron chi connectivity index (χ1n) is 4.12. The summed E-state index contributed by atoms with van der Waals surface area (Å²) in [5.41, 5.74) is 0. The summed E-state index contributed by atoms with van der Waals surface area (Å²) in [6.07, 6.45) is 11.0. The topological polar surface area (TPSA) is 0 Å². The average Bonchev–Trinajstić information content (AvgIpc) is 1.97. The van der Waals surface area contributed by atoms with E-state index in [9.17, 15) is 0 Å². The zero-order valence-corrected chi connectivity index (χ0v) is 8.36. The van der Waals surface area contributed by atoms with Crippen LogP contribution in [0.4, 0.5) is 0 Å². The van der Waals surface area contributed by atoms with Crippen LogP contribution in [-0.2, 0) is 0 Å². The first-order chi connectivity index (χ1) is 4.91. The van der Waals surface area contributed by atoms with Crippen LogP contribution in [0.3, 0.4) is 0 Å². The van der Waals surface area contributed by atoms with Gasteiger partial charge in [-0.15, -0.1) is 0 Å². The quantitative estimate of drug-likeness (QED) is 0.350. The molecule has 0 saturated carbocycles. The molecule has 0 nitrogen and oxygen atoms in total. The Kier molecular flexibility index (Phi) is 9.42. The van der Waals surface area contributed by atoms with E-state index < -0.39 is 0 Å². The number of alkyl halides is 1. The van der Waals surface area contributed by atoms with Crippen molar-refractivity contribution < 1.29 is 0 Å². The Morgan fingerprint density at radius 2 is 1.70 bits per heavy atom. The van der Waals surface area contributed by atoms with Gasteiger partial charge in [-0.3, -0.25) is 0 Å². The summed E-state index contributed by atoms with van der Waals surface area (Å²) in [5, 5.41) is 1.13. The fourth-order valence-electron chi connectivity index (χ4n) is 0.753. The number of allylic oxidation sites excluding steroid dienone is 2. The van der Waals surface area contributed by atoms with Gasteiger partial charge < -0.3 is 0 Å². The van der Waals surface area contributed by atoms with Gasteiger partial charge in [-0.1, -0.05) is 47.8 Å². The van der Waals surface area contributed by atoms with Gasteiger partial charge in [0.2, 0.25) is 0 Å². The first-order valence-corrected chi connectivity index (χ1v) is 5.25. The summed E-state index contributed by atoms with van der Waals surface area (Å²) in [7, 11) is 0. The lowest BCUT2D eigenvalue weighted by molar-refractivity contribution is 0.810. The lowest BCUT2D eigenvalue weighted by atomic mass is 10.2. The summed E-state index contributed by atoms with van der Waals surface area (Å²) in [6, 6.07) is 0. The van der Waals surface area contributed by atoms with E-state index in [0.29, 0.717) is 0 Å². The second-order valence-corrected chi connectivity index (χ2v) is 3.24. The predicted octanol–water partition coefficient (Wildman–Crippen LogP) is 3.91. The SMILES string of the molecule is CCCC/C=C\CCCBr. The van der Waals surface area contributed by atoms with E-state index in [-0.39, 0.29) is 0 Å². The van der Waals surface area contributed by atoms with E-state index in [1.54, 1.807) is 0 Å². The number of unbranched alkanes of at least 4 members (excludes halogenated alkanes) is 3. The molecule has 0 aromatic carbocycles. The van der Waals surface area contributed by atoms with Crippen molar-refractivity contribution in [2.45, 2.75) is 39.0 Å². The lowest BCUT2D eigenvalue weighted by Gasteiger charge is -1.88. The third-order valence-corrected chi connectivity index (χ3v) is 1.96. The molecule has 0 N–H and O–H groups in total. The van der Waals surface area contributed by atoms with Crippen molar-refractivity contribution >= 4 is 15.9 Å². The lowest BCUT2D eigenvalue weighted by Crippen LogP contribution is -1.71. The van der Waals surface area contributed by atoms with Crippen molar-refractivity contribution in [3.63, 3.8) is 0 Å². The fourth-order valence-corrected chi connectivity index (χ4v) is 1.08. The van der Waals surface area contributed by atoms with Crippen LogP contribution in [0.2, 0.25) is 0 Å². The summed E-state index contributed by atoms with van der Waals surface area (Å²) in [4.78, 5) is 0. The van der Waals surface area contributed by atoms with Crippen LogP contribution in [-0.4, -0.2) is 5.33 Å². The van der Waals surface area contributed by atoms with E-state index in [2.05, 4.69) is 35.0 Å². The Bertz CT molecular complexity index is 66.8. The molecule has 0 rings (SSSR count). The first kappa shape index (κ1) is 10.2. The molecule has 0 fully saturated rings. The Hall–Kier alpha value is 0.220. The second-order valence-electron chi connectivity index (χ2n) is 2.44. The van der Waals surface area contributed by atoms with Crippen molar-refractivity contribution in [3.05, 3.63) is 12.2 Å². The minimum atomic E-state index is 1.13. The van der Waals surface area contributed by atoms with Gasteiger partial charge in [0.05, 0.1) is 0 Å². The smallest absolute Gasteiger partial charge is 0.00342 e. The highest BCUT2D eigenvalue weighted by Crippen LogP contribution is 1.99. The average molecular weight is 205 g/mol. The molecule has 0 aliphatic carbocycles. The highest BCUT2D eigenvalue weighted by molar-refractivity contribution is 9.09.